The first-order valence-electron chi connectivity index (χ1n) is 5.31. The van der Waals surface area contributed by atoms with Crippen molar-refractivity contribution >= 4 is 24.4 Å². The second-order valence-electron chi connectivity index (χ2n) is 4.11. The van der Waals surface area contributed by atoms with Crippen molar-refractivity contribution < 1.29 is 9.59 Å². The number of nitrogens with two attached hydrogens (primary N) is 1. The maximum absolute atomic E-state index is 11.9. The summed E-state index contributed by atoms with van der Waals surface area (Å²) in [6, 6.07) is 6.22. The molecule has 1 aromatic carbocycles. The molecule has 1 atom stereocenters. The molecular formula is C12H16N2O2S. The zero-order valence-electron chi connectivity index (χ0n) is 9.81. The Balaban J connectivity index is 2.85. The molecule has 17 heavy (non-hydrogen) atoms. The maximum Gasteiger partial charge on any atom is 0.253 e. The molecular weight excluding hydrogens is 236 g/mol. The number of carbonyl (C=O) groups excluding carboxylic acids is 2. The van der Waals surface area contributed by atoms with Gasteiger partial charge in [0.05, 0.1) is 5.56 Å². The molecule has 3 N–H and O–H groups in total. The average Bonchev–Trinajstić information content (AvgIpc) is 2.25. The van der Waals surface area contributed by atoms with Crippen molar-refractivity contribution in [1.29, 1.82) is 0 Å². The minimum Gasteiger partial charge on any atom is -0.368 e. The molecule has 0 bridgehead atoms. The van der Waals surface area contributed by atoms with E-state index in [9.17, 15) is 9.59 Å². The second-order valence-corrected chi connectivity index (χ2v) is 4.60. The molecule has 0 saturated carbocycles. The Morgan fingerprint density at radius 2 is 1.88 bits per heavy atom. The van der Waals surface area contributed by atoms with Crippen molar-refractivity contribution in [3.05, 3.63) is 29.8 Å². The summed E-state index contributed by atoms with van der Waals surface area (Å²) in [5.41, 5.74) is 5.66. The Bertz CT molecular complexity index is 432. The third-order valence-corrected chi connectivity index (χ3v) is 2.80. The van der Waals surface area contributed by atoms with E-state index in [-0.39, 0.29) is 11.8 Å². The van der Waals surface area contributed by atoms with Crippen LogP contribution in [0.5, 0.6) is 0 Å². The first-order chi connectivity index (χ1) is 7.93. The van der Waals surface area contributed by atoms with Gasteiger partial charge in [-0.05, 0) is 18.1 Å². The highest BCUT2D eigenvalue weighted by Gasteiger charge is 2.22. The van der Waals surface area contributed by atoms with Crippen LogP contribution in [0.3, 0.4) is 0 Å². The van der Waals surface area contributed by atoms with Crippen molar-refractivity contribution in [2.24, 2.45) is 11.7 Å². The lowest BCUT2D eigenvalue weighted by Crippen LogP contribution is -2.47. The van der Waals surface area contributed by atoms with Crippen LogP contribution in [0.1, 0.15) is 24.2 Å². The van der Waals surface area contributed by atoms with Gasteiger partial charge in [0.15, 0.2) is 0 Å². The number of nitrogens with one attached hydrogen (secondary N) is 1. The molecule has 1 aromatic rings. The summed E-state index contributed by atoms with van der Waals surface area (Å²) in [6.07, 6.45) is 0. The van der Waals surface area contributed by atoms with Crippen LogP contribution in [0.15, 0.2) is 29.2 Å². The van der Waals surface area contributed by atoms with Crippen LogP contribution >= 0.6 is 12.6 Å². The lowest BCUT2D eigenvalue weighted by molar-refractivity contribution is -0.120. The minimum atomic E-state index is -0.671. The lowest BCUT2D eigenvalue weighted by Gasteiger charge is -2.19. The summed E-state index contributed by atoms with van der Waals surface area (Å²) < 4.78 is 0. The molecule has 0 spiro atoms. The van der Waals surface area contributed by atoms with Crippen molar-refractivity contribution in [1.82, 2.24) is 5.32 Å². The van der Waals surface area contributed by atoms with E-state index < -0.39 is 11.9 Å². The largest absolute Gasteiger partial charge is 0.368 e. The standard InChI is InChI=1S/C12H16N2O2S/c1-7(2)10(11(13)15)14-12(16)8-5-3-4-6-9(8)17/h3-7,10,17H,1-2H3,(H2,13,15)(H,14,16)/t10-/m0/s1. The van der Waals surface area contributed by atoms with Gasteiger partial charge in [0.1, 0.15) is 6.04 Å². The highest BCUT2D eigenvalue weighted by molar-refractivity contribution is 7.80. The number of benzene rings is 1. The van der Waals surface area contributed by atoms with Crippen LogP contribution in [0, 0.1) is 5.92 Å². The zero-order chi connectivity index (χ0) is 13.0. The SMILES string of the molecule is CC(C)[C@H](NC(=O)c1ccccc1S)C(N)=O. The van der Waals surface area contributed by atoms with E-state index in [2.05, 4.69) is 17.9 Å². The number of thiol groups is 1. The predicted octanol–water partition coefficient (Wildman–Crippen LogP) is 1.21. The molecule has 0 aliphatic rings. The molecule has 0 heterocycles. The van der Waals surface area contributed by atoms with Crippen LogP contribution in [-0.2, 0) is 4.79 Å². The molecule has 92 valence electrons. The third kappa shape index (κ3) is 3.49. The van der Waals surface area contributed by atoms with Gasteiger partial charge in [0.25, 0.3) is 5.91 Å². The second kappa shape index (κ2) is 5.72. The zero-order valence-corrected chi connectivity index (χ0v) is 10.7. The molecule has 1 rings (SSSR count). The Hall–Kier alpha value is -1.49. The number of rotatable bonds is 4. The number of carbonyl (C=O) groups is 2. The van der Waals surface area contributed by atoms with Crippen LogP contribution in [0.25, 0.3) is 0 Å². The van der Waals surface area contributed by atoms with E-state index in [1.54, 1.807) is 24.3 Å². The molecule has 4 nitrogen and oxygen atoms in total. The van der Waals surface area contributed by atoms with Crippen molar-refractivity contribution in [2.75, 3.05) is 0 Å². The van der Waals surface area contributed by atoms with Crippen LogP contribution in [0.4, 0.5) is 0 Å². The summed E-state index contributed by atoms with van der Waals surface area (Å²) in [7, 11) is 0. The van der Waals surface area contributed by atoms with Gasteiger partial charge in [-0.2, -0.15) is 0 Å². The maximum atomic E-state index is 11.9. The van der Waals surface area contributed by atoms with Gasteiger partial charge >= 0.3 is 0 Å². The van der Waals surface area contributed by atoms with Gasteiger partial charge in [-0.3, -0.25) is 9.59 Å². The molecule has 0 saturated heterocycles. The summed E-state index contributed by atoms with van der Waals surface area (Å²) in [5.74, 6) is -0.929. The molecule has 0 radical (unpaired) electrons. The molecule has 0 unspecified atom stereocenters. The Morgan fingerprint density at radius 3 is 2.35 bits per heavy atom. The first-order valence-corrected chi connectivity index (χ1v) is 5.76. The Labute approximate surface area is 106 Å². The molecule has 0 aliphatic heterocycles. The van der Waals surface area contributed by atoms with Crippen molar-refractivity contribution in [3.63, 3.8) is 0 Å². The van der Waals surface area contributed by atoms with Crippen molar-refractivity contribution in [3.8, 4) is 0 Å². The van der Waals surface area contributed by atoms with E-state index >= 15 is 0 Å². The van der Waals surface area contributed by atoms with Gasteiger partial charge in [-0.15, -0.1) is 12.6 Å². The fourth-order valence-corrected chi connectivity index (χ4v) is 1.71. The Kier molecular flexibility index (Phi) is 4.57. The van der Waals surface area contributed by atoms with E-state index in [4.69, 9.17) is 5.73 Å². The van der Waals surface area contributed by atoms with Gasteiger partial charge in [0.2, 0.25) is 5.91 Å². The highest BCUT2D eigenvalue weighted by Crippen LogP contribution is 2.13. The first kappa shape index (κ1) is 13.6. The summed E-state index contributed by atoms with van der Waals surface area (Å²) in [5, 5.41) is 2.61. The van der Waals surface area contributed by atoms with Crippen LogP contribution < -0.4 is 11.1 Å². The molecule has 5 heteroatoms. The molecule has 0 fully saturated rings. The van der Waals surface area contributed by atoms with Crippen LogP contribution in [0.2, 0.25) is 0 Å². The van der Waals surface area contributed by atoms with Crippen LogP contribution in [-0.4, -0.2) is 17.9 Å². The normalized spacial score (nSPS) is 12.2. The lowest BCUT2D eigenvalue weighted by atomic mass is 10.0. The van der Waals surface area contributed by atoms with Gasteiger partial charge in [-0.1, -0.05) is 26.0 Å². The molecule has 0 aromatic heterocycles. The summed E-state index contributed by atoms with van der Waals surface area (Å²) >= 11 is 4.19. The predicted molar refractivity (Wildman–Crippen MR) is 69.0 cm³/mol. The van der Waals surface area contributed by atoms with Gasteiger partial charge in [-0.25, -0.2) is 0 Å². The minimum absolute atomic E-state index is 0.0523. The molecule has 2 amide bonds. The number of hydrogen-bond donors (Lipinski definition) is 3. The number of primary amides is 1. The van der Waals surface area contributed by atoms with E-state index in [0.29, 0.717) is 10.5 Å². The molecule has 0 aliphatic carbocycles. The smallest absolute Gasteiger partial charge is 0.253 e. The monoisotopic (exact) mass is 252 g/mol. The Morgan fingerprint density at radius 1 is 1.29 bits per heavy atom. The van der Waals surface area contributed by atoms with Crippen molar-refractivity contribution in [2.45, 2.75) is 24.8 Å². The van der Waals surface area contributed by atoms with E-state index in [1.807, 2.05) is 13.8 Å². The van der Waals surface area contributed by atoms with Gasteiger partial charge < -0.3 is 11.1 Å². The van der Waals surface area contributed by atoms with E-state index in [0.717, 1.165) is 0 Å². The fraction of sp³-hybridized carbons (Fsp3) is 0.333. The van der Waals surface area contributed by atoms with Gasteiger partial charge in [0, 0.05) is 4.90 Å². The summed E-state index contributed by atoms with van der Waals surface area (Å²) in [6.45, 7) is 3.64. The summed E-state index contributed by atoms with van der Waals surface area (Å²) in [4.78, 5) is 23.7. The third-order valence-electron chi connectivity index (χ3n) is 2.41. The highest BCUT2D eigenvalue weighted by atomic mass is 32.1. The number of hydrogen-bond acceptors (Lipinski definition) is 3. The van der Waals surface area contributed by atoms with E-state index in [1.165, 1.54) is 0 Å². The quantitative estimate of drug-likeness (QED) is 0.705. The number of amides is 2. The topological polar surface area (TPSA) is 72.2 Å². The average molecular weight is 252 g/mol. The fourth-order valence-electron chi connectivity index (χ4n) is 1.45.